The molecular formula is C26H37N5O3S. The van der Waals surface area contributed by atoms with E-state index in [1.165, 1.54) is 16.0 Å². The van der Waals surface area contributed by atoms with Crippen molar-refractivity contribution in [2.24, 2.45) is 5.92 Å². The number of imidazole rings is 1. The van der Waals surface area contributed by atoms with Gasteiger partial charge in [-0.3, -0.25) is 19.1 Å². The fraction of sp³-hybridized carbons (Fsp3) is 0.538. The van der Waals surface area contributed by atoms with E-state index in [1.807, 2.05) is 4.57 Å². The Hall–Kier alpha value is -2.81. The van der Waals surface area contributed by atoms with E-state index in [2.05, 4.69) is 68.1 Å². The van der Waals surface area contributed by atoms with Crippen molar-refractivity contribution in [2.75, 3.05) is 12.3 Å². The van der Waals surface area contributed by atoms with Crippen LogP contribution in [0.25, 0.3) is 11.2 Å². The van der Waals surface area contributed by atoms with Crippen molar-refractivity contribution in [1.82, 2.24) is 24.4 Å². The summed E-state index contributed by atoms with van der Waals surface area (Å²) in [4.78, 5) is 46.0. The summed E-state index contributed by atoms with van der Waals surface area (Å²) in [6.07, 6.45) is 2.41. The van der Waals surface area contributed by atoms with Gasteiger partial charge < -0.3 is 9.88 Å². The second kappa shape index (κ2) is 12.2. The number of H-pyrrole nitrogens is 1. The van der Waals surface area contributed by atoms with E-state index in [1.54, 1.807) is 16.3 Å². The molecule has 0 unspecified atom stereocenters. The Labute approximate surface area is 210 Å². The molecule has 1 aromatic carbocycles. The van der Waals surface area contributed by atoms with Crippen LogP contribution in [0.5, 0.6) is 0 Å². The summed E-state index contributed by atoms with van der Waals surface area (Å²) >= 11 is 1.72. The molecule has 1 amide bonds. The van der Waals surface area contributed by atoms with E-state index in [-0.39, 0.29) is 18.2 Å². The molecule has 8 nitrogen and oxygen atoms in total. The van der Waals surface area contributed by atoms with Gasteiger partial charge in [-0.2, -0.15) is 0 Å². The minimum atomic E-state index is -0.435. The summed E-state index contributed by atoms with van der Waals surface area (Å²) in [6, 6.07) is 6.39. The van der Waals surface area contributed by atoms with Gasteiger partial charge in [-0.1, -0.05) is 33.3 Å². The number of amides is 1. The monoisotopic (exact) mass is 499 g/mol. The number of benzene rings is 1. The predicted octanol–water partition coefficient (Wildman–Crippen LogP) is 3.80. The molecule has 2 N–H and O–H groups in total. The number of carbonyl (C=O) groups is 1. The maximum Gasteiger partial charge on any atom is 0.330 e. The quantitative estimate of drug-likeness (QED) is 0.292. The van der Waals surface area contributed by atoms with Gasteiger partial charge in [0, 0.05) is 43.1 Å². The topological polar surface area (TPSA) is 102 Å². The van der Waals surface area contributed by atoms with Crippen molar-refractivity contribution < 1.29 is 4.79 Å². The molecule has 0 spiro atoms. The standard InChI is InChI=1S/C26H37N5O3S/c1-6-7-13-30-24-23(25(33)29-26(30)34)31(16-17(2)3)21(28-24)10-11-22(32)27-12-14-35-20-9-8-18(4)19(5)15-20/h8-9,15,17H,6-7,10-14,16H2,1-5H3,(H,27,32)(H,29,33,34). The SMILES string of the molecule is CCCCn1c(=O)[nH]c(=O)c2c1nc(CCC(=O)NCCSc1ccc(C)c(C)c1)n2CC(C)C. The third-order valence-electron chi connectivity index (χ3n) is 5.99. The lowest BCUT2D eigenvalue weighted by Gasteiger charge is -2.11. The number of fused-ring (bicyclic) bond motifs is 1. The Morgan fingerprint density at radius 1 is 1.17 bits per heavy atom. The normalized spacial score (nSPS) is 11.5. The lowest BCUT2D eigenvalue weighted by atomic mass is 10.1. The van der Waals surface area contributed by atoms with Gasteiger partial charge in [0.05, 0.1) is 0 Å². The van der Waals surface area contributed by atoms with Crippen LogP contribution in [0, 0.1) is 19.8 Å². The smallest absolute Gasteiger partial charge is 0.330 e. The van der Waals surface area contributed by atoms with Crippen LogP contribution < -0.4 is 16.6 Å². The highest BCUT2D eigenvalue weighted by atomic mass is 32.2. The molecule has 0 saturated heterocycles. The summed E-state index contributed by atoms with van der Waals surface area (Å²) < 4.78 is 3.42. The van der Waals surface area contributed by atoms with E-state index >= 15 is 0 Å². The average Bonchev–Trinajstić information content (AvgIpc) is 3.15. The first kappa shape index (κ1) is 26.8. The number of nitrogens with zero attached hydrogens (tertiary/aromatic N) is 3. The van der Waals surface area contributed by atoms with Gasteiger partial charge in [0.2, 0.25) is 5.91 Å². The number of nitrogens with one attached hydrogen (secondary N) is 2. The predicted molar refractivity (Wildman–Crippen MR) is 142 cm³/mol. The molecule has 0 saturated carbocycles. The highest BCUT2D eigenvalue weighted by Crippen LogP contribution is 2.20. The Bertz CT molecular complexity index is 1290. The lowest BCUT2D eigenvalue weighted by Crippen LogP contribution is -2.31. The third kappa shape index (κ3) is 6.87. The Morgan fingerprint density at radius 2 is 1.94 bits per heavy atom. The minimum absolute atomic E-state index is 0.0499. The van der Waals surface area contributed by atoms with E-state index in [0.29, 0.717) is 43.0 Å². The molecule has 3 aromatic rings. The van der Waals surface area contributed by atoms with Crippen molar-refractivity contribution in [2.45, 2.75) is 78.3 Å². The second-order valence-electron chi connectivity index (χ2n) is 9.41. The molecule has 35 heavy (non-hydrogen) atoms. The van der Waals surface area contributed by atoms with Crippen LogP contribution in [0.15, 0.2) is 32.7 Å². The molecule has 0 bridgehead atoms. The molecule has 0 atom stereocenters. The second-order valence-corrected chi connectivity index (χ2v) is 10.6. The first-order valence-electron chi connectivity index (χ1n) is 12.4. The zero-order chi connectivity index (χ0) is 25.5. The van der Waals surface area contributed by atoms with Gasteiger partial charge >= 0.3 is 5.69 Å². The number of thioether (sulfide) groups is 1. The maximum absolute atomic E-state index is 12.7. The molecule has 3 rings (SSSR count). The van der Waals surface area contributed by atoms with Gasteiger partial charge in [-0.25, -0.2) is 9.78 Å². The van der Waals surface area contributed by atoms with Crippen molar-refractivity contribution in [3.63, 3.8) is 0 Å². The Kier molecular flexibility index (Phi) is 9.37. The van der Waals surface area contributed by atoms with Crippen molar-refractivity contribution in [1.29, 1.82) is 0 Å². The number of aromatic amines is 1. The van der Waals surface area contributed by atoms with Crippen LogP contribution in [0.2, 0.25) is 0 Å². The highest BCUT2D eigenvalue weighted by molar-refractivity contribution is 7.99. The fourth-order valence-electron chi connectivity index (χ4n) is 3.97. The maximum atomic E-state index is 12.7. The highest BCUT2D eigenvalue weighted by Gasteiger charge is 2.19. The van der Waals surface area contributed by atoms with Crippen LogP contribution in [0.3, 0.4) is 0 Å². The van der Waals surface area contributed by atoms with Gasteiger partial charge in [0.15, 0.2) is 11.2 Å². The number of aromatic nitrogens is 4. The largest absolute Gasteiger partial charge is 0.355 e. The number of aryl methyl sites for hydroxylation is 4. The summed E-state index contributed by atoms with van der Waals surface area (Å²) in [5, 5.41) is 2.98. The molecule has 2 heterocycles. The molecule has 0 aliphatic rings. The van der Waals surface area contributed by atoms with Crippen molar-refractivity contribution >= 4 is 28.8 Å². The summed E-state index contributed by atoms with van der Waals surface area (Å²) in [6.45, 7) is 12.1. The zero-order valence-electron chi connectivity index (χ0n) is 21.4. The van der Waals surface area contributed by atoms with Crippen LogP contribution in [0.4, 0.5) is 0 Å². The molecule has 0 aliphatic carbocycles. The Morgan fingerprint density at radius 3 is 2.63 bits per heavy atom. The average molecular weight is 500 g/mol. The van der Waals surface area contributed by atoms with Crippen LogP contribution in [-0.4, -0.2) is 37.3 Å². The molecule has 0 radical (unpaired) electrons. The number of unbranched alkanes of at least 4 members (excludes halogenated alkanes) is 1. The first-order chi connectivity index (χ1) is 16.7. The number of rotatable bonds is 12. The molecule has 0 fully saturated rings. The summed E-state index contributed by atoms with van der Waals surface area (Å²) in [5.74, 6) is 1.68. The fourth-order valence-corrected chi connectivity index (χ4v) is 4.83. The van der Waals surface area contributed by atoms with Crippen molar-refractivity contribution in [3.8, 4) is 0 Å². The first-order valence-corrected chi connectivity index (χ1v) is 13.4. The van der Waals surface area contributed by atoms with E-state index in [9.17, 15) is 14.4 Å². The Balaban J connectivity index is 1.68. The van der Waals surface area contributed by atoms with Crippen LogP contribution in [-0.2, 0) is 24.3 Å². The minimum Gasteiger partial charge on any atom is -0.355 e. The zero-order valence-corrected chi connectivity index (χ0v) is 22.3. The van der Waals surface area contributed by atoms with Crippen LogP contribution >= 0.6 is 11.8 Å². The van der Waals surface area contributed by atoms with Gasteiger partial charge in [-0.05, 0) is 49.4 Å². The number of hydrogen-bond acceptors (Lipinski definition) is 5. The van der Waals surface area contributed by atoms with Gasteiger partial charge in [0.1, 0.15) is 5.82 Å². The third-order valence-corrected chi connectivity index (χ3v) is 6.99. The molecule has 9 heteroatoms. The lowest BCUT2D eigenvalue weighted by molar-refractivity contribution is -0.120. The van der Waals surface area contributed by atoms with E-state index < -0.39 is 11.2 Å². The molecule has 190 valence electrons. The van der Waals surface area contributed by atoms with Crippen LogP contribution in [0.1, 0.15) is 57.0 Å². The number of hydrogen-bond donors (Lipinski definition) is 2. The summed E-state index contributed by atoms with van der Waals surface area (Å²) in [7, 11) is 0. The van der Waals surface area contributed by atoms with E-state index in [4.69, 9.17) is 0 Å². The van der Waals surface area contributed by atoms with Crippen molar-refractivity contribution in [3.05, 3.63) is 56.0 Å². The molecule has 0 aliphatic heterocycles. The van der Waals surface area contributed by atoms with Gasteiger partial charge in [-0.15, -0.1) is 11.8 Å². The summed E-state index contributed by atoms with van der Waals surface area (Å²) in [5.41, 5.74) is 2.50. The molecular weight excluding hydrogens is 462 g/mol. The van der Waals surface area contributed by atoms with E-state index in [0.717, 1.165) is 18.6 Å². The molecule has 2 aromatic heterocycles. The number of carbonyl (C=O) groups excluding carboxylic acids is 1. The van der Waals surface area contributed by atoms with Gasteiger partial charge in [0.25, 0.3) is 5.56 Å².